The van der Waals surface area contributed by atoms with E-state index in [2.05, 4.69) is 5.32 Å². The Labute approximate surface area is 139 Å². The Bertz CT molecular complexity index is 462. The van der Waals surface area contributed by atoms with Crippen LogP contribution in [0.15, 0.2) is 24.3 Å². The molecule has 0 spiro atoms. The number of halogens is 1. The lowest BCUT2D eigenvalue weighted by Gasteiger charge is -2.34. The highest BCUT2D eigenvalue weighted by molar-refractivity contribution is 5.85. The minimum atomic E-state index is -0.430. The zero-order chi connectivity index (χ0) is 15.2. The largest absolute Gasteiger partial charge is 0.481 e. The number of piperidine rings is 1. The molecule has 1 aromatic rings. The van der Waals surface area contributed by atoms with E-state index in [1.54, 1.807) is 0 Å². The quantitative estimate of drug-likeness (QED) is 0.904. The highest BCUT2D eigenvalue weighted by Crippen LogP contribution is 2.19. The normalized spacial score (nSPS) is 19.2. The van der Waals surface area contributed by atoms with Gasteiger partial charge in [-0.3, -0.25) is 4.79 Å². The number of likely N-dealkylation sites (tertiary alicyclic amines) is 1. The molecule has 0 saturated carbocycles. The number of ether oxygens (including phenoxy) is 1. The summed E-state index contributed by atoms with van der Waals surface area (Å²) in [4.78, 5) is 14.4. The third kappa shape index (κ3) is 5.18. The summed E-state index contributed by atoms with van der Waals surface area (Å²) in [5.74, 6) is 1.40. The Balaban J connectivity index is 0.00000242. The van der Waals surface area contributed by atoms with Crippen molar-refractivity contribution in [2.45, 2.75) is 32.8 Å². The van der Waals surface area contributed by atoms with Crippen molar-refractivity contribution >= 4 is 18.3 Å². The van der Waals surface area contributed by atoms with E-state index < -0.39 is 6.10 Å². The first-order valence-corrected chi connectivity index (χ1v) is 7.77. The second-order valence-electron chi connectivity index (χ2n) is 5.92. The molecule has 1 aliphatic rings. The number of hydrogen-bond acceptors (Lipinski definition) is 3. The molecule has 2 unspecified atom stereocenters. The smallest absolute Gasteiger partial charge is 0.263 e. The molecule has 1 fully saturated rings. The van der Waals surface area contributed by atoms with Gasteiger partial charge in [0.2, 0.25) is 0 Å². The summed E-state index contributed by atoms with van der Waals surface area (Å²) < 4.78 is 5.77. The monoisotopic (exact) mass is 326 g/mol. The molecule has 1 saturated heterocycles. The lowest BCUT2D eigenvalue weighted by molar-refractivity contribution is -0.139. The molecule has 124 valence electrons. The summed E-state index contributed by atoms with van der Waals surface area (Å²) in [7, 11) is 1.96. The molecule has 5 heteroatoms. The molecule has 2 rings (SSSR count). The van der Waals surface area contributed by atoms with Gasteiger partial charge in [0.1, 0.15) is 5.75 Å². The minimum absolute atomic E-state index is 0. The molecular formula is C17H27ClN2O2. The van der Waals surface area contributed by atoms with Gasteiger partial charge in [0.05, 0.1) is 0 Å². The molecule has 1 aromatic carbocycles. The first-order valence-electron chi connectivity index (χ1n) is 7.77. The van der Waals surface area contributed by atoms with Crippen LogP contribution >= 0.6 is 12.4 Å². The van der Waals surface area contributed by atoms with Crippen molar-refractivity contribution in [1.82, 2.24) is 10.2 Å². The van der Waals surface area contributed by atoms with Crippen LogP contribution in [0.1, 0.15) is 25.3 Å². The molecule has 1 amide bonds. The van der Waals surface area contributed by atoms with Gasteiger partial charge in [0, 0.05) is 13.1 Å². The van der Waals surface area contributed by atoms with E-state index in [9.17, 15) is 4.79 Å². The predicted octanol–water partition coefficient (Wildman–Crippen LogP) is 2.64. The van der Waals surface area contributed by atoms with Gasteiger partial charge >= 0.3 is 0 Å². The molecule has 0 bridgehead atoms. The van der Waals surface area contributed by atoms with Gasteiger partial charge in [0.25, 0.3) is 5.91 Å². The molecule has 1 N–H and O–H groups in total. The maximum absolute atomic E-state index is 12.5. The summed E-state index contributed by atoms with van der Waals surface area (Å²) >= 11 is 0. The Kier molecular flexibility index (Phi) is 7.69. The zero-order valence-corrected chi connectivity index (χ0v) is 14.5. The van der Waals surface area contributed by atoms with Gasteiger partial charge < -0.3 is 15.0 Å². The third-order valence-electron chi connectivity index (χ3n) is 4.01. The summed E-state index contributed by atoms with van der Waals surface area (Å²) in [5, 5.41) is 3.20. The summed E-state index contributed by atoms with van der Waals surface area (Å²) in [6, 6.07) is 7.82. The number of nitrogens with one attached hydrogen (secondary N) is 1. The topological polar surface area (TPSA) is 41.6 Å². The molecule has 1 heterocycles. The highest BCUT2D eigenvalue weighted by Gasteiger charge is 2.27. The van der Waals surface area contributed by atoms with E-state index in [0.717, 1.165) is 31.8 Å². The average Bonchev–Trinajstić information content (AvgIpc) is 2.49. The molecule has 0 radical (unpaired) electrons. The predicted molar refractivity (Wildman–Crippen MR) is 91.7 cm³/mol. The lowest BCUT2D eigenvalue weighted by Crippen LogP contribution is -2.47. The lowest BCUT2D eigenvalue weighted by atomic mass is 9.97. The fraction of sp³-hybridized carbons (Fsp3) is 0.588. The number of amides is 1. The molecule has 0 aromatic heterocycles. The van der Waals surface area contributed by atoms with Crippen LogP contribution in [0, 0.1) is 12.8 Å². The zero-order valence-electron chi connectivity index (χ0n) is 13.7. The maximum atomic E-state index is 12.5. The van der Waals surface area contributed by atoms with Crippen LogP contribution in [-0.2, 0) is 4.79 Å². The van der Waals surface area contributed by atoms with Gasteiger partial charge in [-0.2, -0.15) is 0 Å². The van der Waals surface area contributed by atoms with Crippen molar-refractivity contribution in [1.29, 1.82) is 0 Å². The average molecular weight is 327 g/mol. The number of hydrogen-bond donors (Lipinski definition) is 1. The van der Waals surface area contributed by atoms with Crippen molar-refractivity contribution in [3.63, 3.8) is 0 Å². The van der Waals surface area contributed by atoms with Crippen molar-refractivity contribution in [2.24, 2.45) is 5.92 Å². The highest BCUT2D eigenvalue weighted by atomic mass is 35.5. The molecular weight excluding hydrogens is 300 g/mol. The Morgan fingerprint density at radius 1 is 1.41 bits per heavy atom. The van der Waals surface area contributed by atoms with Crippen molar-refractivity contribution in [3.05, 3.63) is 29.8 Å². The van der Waals surface area contributed by atoms with E-state index in [-0.39, 0.29) is 18.3 Å². The van der Waals surface area contributed by atoms with Gasteiger partial charge in [-0.1, -0.05) is 17.7 Å². The van der Waals surface area contributed by atoms with E-state index in [1.807, 2.05) is 50.1 Å². The van der Waals surface area contributed by atoms with Gasteiger partial charge in [-0.05, 0) is 58.3 Å². The van der Waals surface area contributed by atoms with Crippen LogP contribution in [0.3, 0.4) is 0 Å². The third-order valence-corrected chi connectivity index (χ3v) is 4.01. The first-order chi connectivity index (χ1) is 10.1. The second-order valence-corrected chi connectivity index (χ2v) is 5.92. The van der Waals surface area contributed by atoms with Crippen LogP contribution < -0.4 is 10.1 Å². The minimum Gasteiger partial charge on any atom is -0.481 e. The van der Waals surface area contributed by atoms with Gasteiger partial charge in [0.15, 0.2) is 6.10 Å². The number of benzene rings is 1. The second kappa shape index (κ2) is 9.01. The van der Waals surface area contributed by atoms with Crippen LogP contribution in [0.25, 0.3) is 0 Å². The summed E-state index contributed by atoms with van der Waals surface area (Å²) in [6.45, 7) is 6.52. The Morgan fingerprint density at radius 2 is 2.09 bits per heavy atom. The van der Waals surface area contributed by atoms with Crippen LogP contribution in [-0.4, -0.2) is 43.6 Å². The van der Waals surface area contributed by atoms with E-state index in [1.165, 1.54) is 12.0 Å². The fourth-order valence-corrected chi connectivity index (χ4v) is 2.85. The van der Waals surface area contributed by atoms with Gasteiger partial charge in [-0.25, -0.2) is 0 Å². The van der Waals surface area contributed by atoms with E-state index >= 15 is 0 Å². The number of carbonyl (C=O) groups is 1. The standard InChI is InChI=1S/C17H26N2O2.ClH/c1-13-6-8-16(9-7-13)21-14(2)17(20)19-10-4-5-15(12-19)11-18-3;/h6-9,14-15,18H,4-5,10-12H2,1-3H3;1H. The van der Waals surface area contributed by atoms with Crippen LogP contribution in [0.4, 0.5) is 0 Å². The van der Waals surface area contributed by atoms with Crippen molar-refractivity contribution in [2.75, 3.05) is 26.7 Å². The number of rotatable bonds is 5. The van der Waals surface area contributed by atoms with Crippen molar-refractivity contribution in [3.8, 4) is 5.75 Å². The summed E-state index contributed by atoms with van der Waals surface area (Å²) in [6.07, 6.45) is 1.84. The molecule has 4 nitrogen and oxygen atoms in total. The van der Waals surface area contributed by atoms with Gasteiger partial charge in [-0.15, -0.1) is 12.4 Å². The SMILES string of the molecule is CNCC1CCCN(C(=O)C(C)Oc2ccc(C)cc2)C1.Cl. The molecule has 22 heavy (non-hydrogen) atoms. The first kappa shape index (κ1) is 18.8. The molecule has 1 aliphatic heterocycles. The van der Waals surface area contributed by atoms with Crippen molar-refractivity contribution < 1.29 is 9.53 Å². The maximum Gasteiger partial charge on any atom is 0.263 e. The fourth-order valence-electron chi connectivity index (χ4n) is 2.85. The van der Waals surface area contributed by atoms with Crippen LogP contribution in [0.2, 0.25) is 0 Å². The number of aryl methyl sites for hydroxylation is 1. The Hall–Kier alpha value is -1.26. The summed E-state index contributed by atoms with van der Waals surface area (Å²) in [5.41, 5.74) is 1.19. The van der Waals surface area contributed by atoms with Crippen LogP contribution in [0.5, 0.6) is 5.75 Å². The number of carbonyl (C=O) groups excluding carboxylic acids is 1. The Morgan fingerprint density at radius 3 is 2.73 bits per heavy atom. The van der Waals surface area contributed by atoms with E-state index in [4.69, 9.17) is 4.74 Å². The van der Waals surface area contributed by atoms with E-state index in [0.29, 0.717) is 5.92 Å². The number of nitrogens with zero attached hydrogens (tertiary/aromatic N) is 1. The molecule has 2 atom stereocenters. The molecule has 0 aliphatic carbocycles.